The minimum absolute atomic E-state index is 0.0132. The van der Waals surface area contributed by atoms with Gasteiger partial charge in [-0.15, -0.1) is 0 Å². The molecule has 112 valence electrons. The molecule has 4 nitrogen and oxygen atoms in total. The summed E-state index contributed by atoms with van der Waals surface area (Å²) in [6.07, 6.45) is 1.32. The summed E-state index contributed by atoms with van der Waals surface area (Å²) in [4.78, 5) is 14.0. The quantitative estimate of drug-likeness (QED) is 0.457. The highest BCUT2D eigenvalue weighted by Crippen LogP contribution is 2.17. The van der Waals surface area contributed by atoms with Crippen molar-refractivity contribution in [1.29, 1.82) is 5.26 Å². The summed E-state index contributed by atoms with van der Waals surface area (Å²) in [5, 5.41) is 9.06. The van der Waals surface area contributed by atoms with Gasteiger partial charge in [0.15, 0.2) is 0 Å². The van der Waals surface area contributed by atoms with Gasteiger partial charge < -0.3 is 9.64 Å². The normalized spacial score (nSPS) is 11.1. The molecule has 0 fully saturated rings. The highest BCUT2D eigenvalue weighted by Gasteiger charge is 2.12. The number of benzene rings is 1. The van der Waals surface area contributed by atoms with E-state index in [2.05, 4.69) is 18.7 Å². The Labute approximate surface area is 126 Å². The molecule has 0 aromatic heterocycles. The van der Waals surface area contributed by atoms with Crippen LogP contribution in [0.25, 0.3) is 6.08 Å². The number of carbonyl (C=O) groups excluding carboxylic acids is 1. The van der Waals surface area contributed by atoms with Crippen LogP contribution in [0.5, 0.6) is 0 Å². The van der Waals surface area contributed by atoms with E-state index >= 15 is 0 Å². The lowest BCUT2D eigenvalue weighted by atomic mass is 10.1. The number of hydrogen-bond donors (Lipinski definition) is 0. The maximum absolute atomic E-state index is 11.7. The van der Waals surface area contributed by atoms with Crippen LogP contribution >= 0.6 is 0 Å². The molecule has 1 aromatic carbocycles. The molecule has 1 aromatic rings. The standard InChI is InChI=1S/C17H22N2O2/c1-5-19(6-2)16-9-7-14(8-10-16)11-15(12-18)17(20)21-13(3)4/h7-11,13H,5-6H2,1-4H3. The van der Waals surface area contributed by atoms with Gasteiger partial charge in [0, 0.05) is 18.8 Å². The van der Waals surface area contributed by atoms with Crippen molar-refractivity contribution in [3.8, 4) is 6.07 Å². The van der Waals surface area contributed by atoms with E-state index in [1.54, 1.807) is 19.9 Å². The molecule has 0 saturated heterocycles. The van der Waals surface area contributed by atoms with E-state index in [1.165, 1.54) is 0 Å². The van der Waals surface area contributed by atoms with E-state index in [9.17, 15) is 4.79 Å². The van der Waals surface area contributed by atoms with Crippen LogP contribution in [0.3, 0.4) is 0 Å². The van der Waals surface area contributed by atoms with E-state index < -0.39 is 5.97 Å². The smallest absolute Gasteiger partial charge is 0.349 e. The first-order valence-electron chi connectivity index (χ1n) is 7.19. The molecule has 0 radical (unpaired) electrons. The summed E-state index contributed by atoms with van der Waals surface area (Å²) in [5.74, 6) is -0.583. The van der Waals surface area contributed by atoms with Crippen LogP contribution in [0, 0.1) is 11.3 Å². The first-order chi connectivity index (χ1) is 10.0. The van der Waals surface area contributed by atoms with Crippen LogP contribution in [0.1, 0.15) is 33.3 Å². The van der Waals surface area contributed by atoms with Crippen molar-refractivity contribution < 1.29 is 9.53 Å². The fourth-order valence-corrected chi connectivity index (χ4v) is 1.95. The average molecular weight is 286 g/mol. The molecule has 1 rings (SSSR count). The zero-order valence-electron chi connectivity index (χ0n) is 13.1. The molecule has 0 amide bonds. The van der Waals surface area contributed by atoms with E-state index in [0.717, 1.165) is 24.3 Å². The predicted octanol–water partition coefficient (Wildman–Crippen LogP) is 3.39. The SMILES string of the molecule is CCN(CC)c1ccc(C=C(C#N)C(=O)OC(C)C)cc1. The van der Waals surface area contributed by atoms with Crippen LogP contribution in [0.2, 0.25) is 0 Å². The van der Waals surface area contributed by atoms with Gasteiger partial charge in [-0.1, -0.05) is 12.1 Å². The van der Waals surface area contributed by atoms with Crippen LogP contribution in [-0.2, 0) is 9.53 Å². The lowest BCUT2D eigenvalue weighted by Gasteiger charge is -2.20. The second-order valence-electron chi connectivity index (χ2n) is 4.89. The van der Waals surface area contributed by atoms with Gasteiger partial charge in [-0.3, -0.25) is 0 Å². The third kappa shape index (κ3) is 4.96. The summed E-state index contributed by atoms with van der Waals surface area (Å²) in [6.45, 7) is 9.60. The van der Waals surface area contributed by atoms with Crippen LogP contribution < -0.4 is 4.90 Å². The molecule has 0 heterocycles. The molecule has 4 heteroatoms. The van der Waals surface area contributed by atoms with Crippen molar-refractivity contribution in [2.24, 2.45) is 0 Å². The van der Waals surface area contributed by atoms with E-state index in [4.69, 9.17) is 10.00 Å². The number of nitriles is 1. The zero-order chi connectivity index (χ0) is 15.8. The summed E-state index contributed by atoms with van der Waals surface area (Å²) in [6, 6.07) is 9.66. The van der Waals surface area contributed by atoms with Gasteiger partial charge in [-0.25, -0.2) is 4.79 Å². The topological polar surface area (TPSA) is 53.3 Å². The number of nitrogens with zero attached hydrogens (tertiary/aromatic N) is 2. The number of ether oxygens (including phenoxy) is 1. The molecule has 0 saturated carbocycles. The van der Waals surface area contributed by atoms with Crippen molar-refractivity contribution >= 4 is 17.7 Å². The predicted molar refractivity (Wildman–Crippen MR) is 84.8 cm³/mol. The number of anilines is 1. The van der Waals surface area contributed by atoms with Crippen LogP contribution in [-0.4, -0.2) is 25.2 Å². The van der Waals surface area contributed by atoms with Crippen molar-refractivity contribution in [2.75, 3.05) is 18.0 Å². The van der Waals surface area contributed by atoms with Gasteiger partial charge in [0.1, 0.15) is 11.6 Å². The van der Waals surface area contributed by atoms with Crippen LogP contribution in [0.15, 0.2) is 29.8 Å². The van der Waals surface area contributed by atoms with Gasteiger partial charge in [-0.2, -0.15) is 5.26 Å². The van der Waals surface area contributed by atoms with E-state index in [-0.39, 0.29) is 11.7 Å². The Hall–Kier alpha value is -2.28. The third-order valence-electron chi connectivity index (χ3n) is 3.02. The zero-order valence-corrected chi connectivity index (χ0v) is 13.1. The van der Waals surface area contributed by atoms with Crippen LogP contribution in [0.4, 0.5) is 5.69 Å². The maximum atomic E-state index is 11.7. The Morgan fingerprint density at radius 2 is 1.86 bits per heavy atom. The lowest BCUT2D eigenvalue weighted by molar-refractivity contribution is -0.142. The van der Waals surface area contributed by atoms with Gasteiger partial charge in [0.25, 0.3) is 0 Å². The molecule has 0 atom stereocenters. The second kappa shape index (κ2) is 8.11. The maximum Gasteiger partial charge on any atom is 0.349 e. The van der Waals surface area contributed by atoms with Crippen molar-refractivity contribution in [1.82, 2.24) is 0 Å². The van der Waals surface area contributed by atoms with Crippen molar-refractivity contribution in [3.05, 3.63) is 35.4 Å². The molecule has 0 unspecified atom stereocenters. The molecular weight excluding hydrogens is 264 g/mol. The minimum Gasteiger partial charge on any atom is -0.459 e. The average Bonchev–Trinajstić information content (AvgIpc) is 2.46. The Bertz CT molecular complexity index is 535. The third-order valence-corrected chi connectivity index (χ3v) is 3.02. The molecule has 0 aliphatic heterocycles. The number of hydrogen-bond acceptors (Lipinski definition) is 4. The Kier molecular flexibility index (Phi) is 6.48. The van der Waals surface area contributed by atoms with Crippen molar-refractivity contribution in [2.45, 2.75) is 33.8 Å². The summed E-state index contributed by atoms with van der Waals surface area (Å²) < 4.78 is 5.03. The summed E-state index contributed by atoms with van der Waals surface area (Å²) in [5.41, 5.74) is 1.95. The Morgan fingerprint density at radius 1 is 1.29 bits per heavy atom. The highest BCUT2D eigenvalue weighted by molar-refractivity contribution is 5.98. The molecule has 0 aliphatic rings. The van der Waals surface area contributed by atoms with E-state index in [1.807, 2.05) is 30.3 Å². The monoisotopic (exact) mass is 286 g/mol. The van der Waals surface area contributed by atoms with Gasteiger partial charge in [0.2, 0.25) is 0 Å². The molecule has 0 spiro atoms. The Morgan fingerprint density at radius 3 is 2.29 bits per heavy atom. The minimum atomic E-state index is -0.583. The fourth-order valence-electron chi connectivity index (χ4n) is 1.95. The molecule has 21 heavy (non-hydrogen) atoms. The second-order valence-corrected chi connectivity index (χ2v) is 4.89. The van der Waals surface area contributed by atoms with Gasteiger partial charge >= 0.3 is 5.97 Å². The van der Waals surface area contributed by atoms with E-state index in [0.29, 0.717) is 0 Å². The summed E-state index contributed by atoms with van der Waals surface area (Å²) in [7, 11) is 0. The Balaban J connectivity index is 2.93. The first-order valence-corrected chi connectivity index (χ1v) is 7.19. The number of rotatable bonds is 6. The largest absolute Gasteiger partial charge is 0.459 e. The lowest BCUT2D eigenvalue weighted by Crippen LogP contribution is -2.21. The summed E-state index contributed by atoms with van der Waals surface area (Å²) >= 11 is 0. The van der Waals surface area contributed by atoms with Gasteiger partial charge in [0.05, 0.1) is 6.10 Å². The molecule has 0 bridgehead atoms. The number of esters is 1. The fraction of sp³-hybridized carbons (Fsp3) is 0.412. The molecule has 0 N–H and O–H groups in total. The molecular formula is C17H22N2O2. The van der Waals surface area contributed by atoms with Crippen molar-refractivity contribution in [3.63, 3.8) is 0 Å². The highest BCUT2D eigenvalue weighted by atomic mass is 16.5. The molecule has 0 aliphatic carbocycles. The first kappa shape index (κ1) is 16.8. The van der Waals surface area contributed by atoms with Gasteiger partial charge in [-0.05, 0) is 51.5 Å². The number of carbonyl (C=O) groups is 1.